The highest BCUT2D eigenvalue weighted by Gasteiger charge is 2.54. The predicted molar refractivity (Wildman–Crippen MR) is 65.6 cm³/mol. The maximum absolute atomic E-state index is 12.2. The van der Waals surface area contributed by atoms with Gasteiger partial charge in [0, 0.05) is 0 Å². The number of amides is 3. The molecular weight excluding hydrogens is 234 g/mol. The fraction of sp³-hybridized carbons (Fsp3) is 0.833. The summed E-state index contributed by atoms with van der Waals surface area (Å²) in [6.45, 7) is 4.46. The van der Waals surface area contributed by atoms with E-state index in [1.807, 2.05) is 13.8 Å². The van der Waals surface area contributed by atoms with Crippen LogP contribution in [0.15, 0.2) is 0 Å². The molecule has 0 aromatic heterocycles. The van der Waals surface area contributed by atoms with Crippen molar-refractivity contribution in [2.75, 3.05) is 13.1 Å². The third kappa shape index (κ3) is 2.43. The van der Waals surface area contributed by atoms with E-state index in [1.54, 1.807) is 4.90 Å². The lowest BCUT2D eigenvalue weighted by molar-refractivity contribution is -0.162. The molecule has 102 valence electrons. The van der Waals surface area contributed by atoms with Gasteiger partial charge in [0.15, 0.2) is 0 Å². The average Bonchev–Trinajstić information content (AvgIpc) is 3.03. The van der Waals surface area contributed by atoms with Gasteiger partial charge in [-0.15, -0.1) is 0 Å². The number of rotatable bonds is 4. The number of nitrogens with zero attached hydrogens (tertiary/aromatic N) is 1. The molecule has 2 fully saturated rings. The van der Waals surface area contributed by atoms with Crippen LogP contribution in [0.25, 0.3) is 0 Å². The Morgan fingerprint density at radius 2 is 1.94 bits per heavy atom. The largest absolute Gasteiger partial charge is 0.386 e. The van der Waals surface area contributed by atoms with E-state index in [1.165, 1.54) is 0 Å². The number of hydrogen-bond acceptors (Lipinski definition) is 3. The van der Waals surface area contributed by atoms with Gasteiger partial charge in [0.1, 0.15) is 11.6 Å². The quantitative estimate of drug-likeness (QED) is 0.641. The summed E-state index contributed by atoms with van der Waals surface area (Å²) < 4.78 is 0. The molecule has 0 spiro atoms. The number of nitrogens with one attached hydrogen (secondary N) is 1. The molecule has 1 unspecified atom stereocenters. The first-order valence-electron chi connectivity index (χ1n) is 6.40. The lowest BCUT2D eigenvalue weighted by Crippen LogP contribution is -2.68. The zero-order valence-corrected chi connectivity index (χ0v) is 10.8. The van der Waals surface area contributed by atoms with Crippen LogP contribution in [0.4, 0.5) is 4.79 Å². The van der Waals surface area contributed by atoms with E-state index in [-0.39, 0.29) is 11.8 Å². The molecule has 18 heavy (non-hydrogen) atoms. The van der Waals surface area contributed by atoms with Gasteiger partial charge in [-0.2, -0.15) is 0 Å². The molecule has 0 bridgehead atoms. The van der Waals surface area contributed by atoms with Gasteiger partial charge in [0.25, 0.3) is 0 Å². The number of primary amides is 1. The van der Waals surface area contributed by atoms with Gasteiger partial charge in [-0.3, -0.25) is 4.79 Å². The minimum atomic E-state index is -0.694. The lowest BCUT2D eigenvalue weighted by atomic mass is 9.87. The molecule has 1 heterocycles. The van der Waals surface area contributed by atoms with E-state index < -0.39 is 17.7 Å². The van der Waals surface area contributed by atoms with Crippen molar-refractivity contribution in [2.45, 2.75) is 38.3 Å². The highest BCUT2D eigenvalue weighted by molar-refractivity contribution is 5.87. The van der Waals surface area contributed by atoms with Crippen molar-refractivity contribution in [2.24, 2.45) is 17.6 Å². The first-order chi connectivity index (χ1) is 8.33. The van der Waals surface area contributed by atoms with Crippen LogP contribution in [0.1, 0.15) is 26.7 Å². The highest BCUT2D eigenvalue weighted by atomic mass is 16.3. The Bertz CT molecular complexity index is 360. The zero-order chi connectivity index (χ0) is 13.5. The summed E-state index contributed by atoms with van der Waals surface area (Å²) in [6.07, 6.45) is 2.09. The Labute approximate surface area is 107 Å². The summed E-state index contributed by atoms with van der Waals surface area (Å²) in [7, 11) is 0. The Morgan fingerprint density at radius 1 is 1.39 bits per heavy atom. The first-order valence-corrected chi connectivity index (χ1v) is 6.40. The third-order valence-electron chi connectivity index (χ3n) is 3.81. The van der Waals surface area contributed by atoms with Gasteiger partial charge in [-0.05, 0) is 24.7 Å². The van der Waals surface area contributed by atoms with Gasteiger partial charge in [0.05, 0.1) is 13.1 Å². The third-order valence-corrected chi connectivity index (χ3v) is 3.81. The molecule has 0 aromatic carbocycles. The van der Waals surface area contributed by atoms with E-state index in [9.17, 15) is 14.7 Å². The normalized spacial score (nSPS) is 23.4. The number of nitrogens with two attached hydrogens (primary N) is 1. The van der Waals surface area contributed by atoms with Gasteiger partial charge in [-0.1, -0.05) is 13.8 Å². The zero-order valence-electron chi connectivity index (χ0n) is 10.8. The number of likely N-dealkylation sites (tertiary alicyclic amines) is 1. The maximum Gasteiger partial charge on any atom is 0.312 e. The Balaban J connectivity index is 1.92. The molecule has 0 aromatic rings. The van der Waals surface area contributed by atoms with Crippen LogP contribution in [0.2, 0.25) is 0 Å². The summed E-state index contributed by atoms with van der Waals surface area (Å²) in [4.78, 5) is 24.7. The molecule has 1 atom stereocenters. The highest BCUT2D eigenvalue weighted by Crippen LogP contribution is 2.44. The average molecular weight is 255 g/mol. The first kappa shape index (κ1) is 13.1. The number of β-amino-alcohol motifs (C(OH)–C–C–N with tert-alkyl or cyclic N) is 1. The van der Waals surface area contributed by atoms with Gasteiger partial charge in [-0.25, -0.2) is 4.79 Å². The van der Waals surface area contributed by atoms with Crippen molar-refractivity contribution >= 4 is 11.9 Å². The molecule has 6 heteroatoms. The molecule has 3 amide bonds. The predicted octanol–water partition coefficient (Wildman–Crippen LogP) is -0.337. The Hall–Kier alpha value is -1.30. The molecule has 4 N–H and O–H groups in total. The standard InChI is InChI=1S/C12H21N3O3/c1-7(2)9(14-11(13)17)10(16)15-5-12(18,6-15)8-3-4-8/h7-9,18H,3-6H2,1-2H3,(H3,13,14,17). The topological polar surface area (TPSA) is 95.7 Å². The lowest BCUT2D eigenvalue weighted by Gasteiger charge is -2.48. The monoisotopic (exact) mass is 255 g/mol. The summed E-state index contributed by atoms with van der Waals surface area (Å²) >= 11 is 0. The van der Waals surface area contributed by atoms with Gasteiger partial charge in [0.2, 0.25) is 5.91 Å². The van der Waals surface area contributed by atoms with E-state index in [0.29, 0.717) is 19.0 Å². The second kappa shape index (κ2) is 4.42. The fourth-order valence-corrected chi connectivity index (χ4v) is 2.51. The number of urea groups is 1. The van der Waals surface area contributed by atoms with Crippen LogP contribution in [0, 0.1) is 11.8 Å². The molecule has 6 nitrogen and oxygen atoms in total. The van der Waals surface area contributed by atoms with E-state index in [4.69, 9.17) is 5.73 Å². The molecule has 1 aliphatic carbocycles. The van der Waals surface area contributed by atoms with Crippen LogP contribution in [0.5, 0.6) is 0 Å². The number of carbonyl (C=O) groups excluding carboxylic acids is 2. The van der Waals surface area contributed by atoms with Crippen LogP contribution < -0.4 is 11.1 Å². The molecule has 1 saturated carbocycles. The van der Waals surface area contributed by atoms with Crippen molar-refractivity contribution < 1.29 is 14.7 Å². The minimum absolute atomic E-state index is 0.0281. The van der Waals surface area contributed by atoms with E-state index in [0.717, 1.165) is 12.8 Å². The smallest absolute Gasteiger partial charge is 0.312 e. The van der Waals surface area contributed by atoms with Crippen LogP contribution in [-0.2, 0) is 4.79 Å². The van der Waals surface area contributed by atoms with Crippen molar-refractivity contribution in [1.29, 1.82) is 0 Å². The SMILES string of the molecule is CC(C)C(NC(N)=O)C(=O)N1CC(O)(C2CC2)C1. The van der Waals surface area contributed by atoms with Crippen molar-refractivity contribution in [3.63, 3.8) is 0 Å². The second-order valence-corrected chi connectivity index (χ2v) is 5.80. The Morgan fingerprint density at radius 3 is 2.33 bits per heavy atom. The molecule has 2 rings (SSSR count). The van der Waals surface area contributed by atoms with E-state index >= 15 is 0 Å². The van der Waals surface area contributed by atoms with Crippen LogP contribution in [0.3, 0.4) is 0 Å². The van der Waals surface area contributed by atoms with Crippen molar-refractivity contribution in [1.82, 2.24) is 10.2 Å². The van der Waals surface area contributed by atoms with Crippen LogP contribution in [-0.4, -0.2) is 46.7 Å². The summed E-state index contributed by atoms with van der Waals surface area (Å²) in [5.41, 5.74) is 4.38. The molecule has 2 aliphatic rings. The fourth-order valence-electron chi connectivity index (χ4n) is 2.51. The van der Waals surface area contributed by atoms with Gasteiger partial charge < -0.3 is 21.1 Å². The van der Waals surface area contributed by atoms with Crippen molar-refractivity contribution in [3.8, 4) is 0 Å². The molecule has 1 aliphatic heterocycles. The van der Waals surface area contributed by atoms with Crippen molar-refractivity contribution in [3.05, 3.63) is 0 Å². The van der Waals surface area contributed by atoms with E-state index in [2.05, 4.69) is 5.32 Å². The molecular formula is C12H21N3O3. The number of hydrogen-bond donors (Lipinski definition) is 3. The number of aliphatic hydroxyl groups is 1. The van der Waals surface area contributed by atoms with Gasteiger partial charge >= 0.3 is 6.03 Å². The molecule has 1 saturated heterocycles. The second-order valence-electron chi connectivity index (χ2n) is 5.80. The minimum Gasteiger partial charge on any atom is -0.386 e. The maximum atomic E-state index is 12.2. The summed E-state index contributed by atoms with van der Waals surface area (Å²) in [5, 5.41) is 12.6. The summed E-state index contributed by atoms with van der Waals surface area (Å²) in [6, 6.07) is -1.30. The summed E-state index contributed by atoms with van der Waals surface area (Å²) in [5.74, 6) is 0.164. The Kier molecular flexibility index (Phi) is 3.23. The van der Waals surface area contributed by atoms with Crippen LogP contribution >= 0.6 is 0 Å². The number of carbonyl (C=O) groups is 2. The molecule has 0 radical (unpaired) electrons.